The van der Waals surface area contributed by atoms with Crippen LogP contribution in [0.5, 0.6) is 0 Å². The zero-order valence-electron chi connectivity index (χ0n) is 8.94. The van der Waals surface area contributed by atoms with Gasteiger partial charge >= 0.3 is 0 Å². The van der Waals surface area contributed by atoms with Crippen molar-refractivity contribution in [1.29, 1.82) is 0 Å². The summed E-state index contributed by atoms with van der Waals surface area (Å²) in [6.45, 7) is 1.69. The van der Waals surface area contributed by atoms with Gasteiger partial charge < -0.3 is 10.3 Å². The molecular formula is C12H16N2S. The summed E-state index contributed by atoms with van der Waals surface area (Å²) in [7, 11) is 0. The van der Waals surface area contributed by atoms with E-state index in [-0.39, 0.29) is 0 Å². The van der Waals surface area contributed by atoms with Gasteiger partial charge in [-0.1, -0.05) is 6.07 Å². The van der Waals surface area contributed by atoms with E-state index in [4.69, 9.17) is 5.73 Å². The van der Waals surface area contributed by atoms with Gasteiger partial charge in [-0.05, 0) is 35.4 Å². The van der Waals surface area contributed by atoms with E-state index < -0.39 is 0 Å². The Morgan fingerprint density at radius 2 is 2.20 bits per heavy atom. The van der Waals surface area contributed by atoms with Crippen LogP contribution in [0, 0.1) is 0 Å². The molecule has 0 aliphatic heterocycles. The molecule has 15 heavy (non-hydrogen) atoms. The third kappa shape index (κ3) is 2.19. The lowest BCUT2D eigenvalue weighted by molar-refractivity contribution is 0.808. The van der Waals surface area contributed by atoms with Crippen LogP contribution in [0.3, 0.4) is 0 Å². The molecule has 0 bridgehead atoms. The van der Waals surface area contributed by atoms with Crippen LogP contribution in [0.4, 0.5) is 0 Å². The molecule has 0 amide bonds. The number of hydrogen-bond acceptors (Lipinski definition) is 2. The zero-order chi connectivity index (χ0) is 10.7. The fourth-order valence-corrected chi connectivity index (χ4v) is 2.14. The van der Waals surface area contributed by atoms with E-state index in [1.54, 1.807) is 0 Å². The molecule has 0 radical (unpaired) electrons. The van der Waals surface area contributed by atoms with Crippen LogP contribution >= 0.6 is 11.8 Å². The third-order valence-electron chi connectivity index (χ3n) is 2.61. The van der Waals surface area contributed by atoms with Crippen molar-refractivity contribution >= 4 is 22.7 Å². The van der Waals surface area contributed by atoms with Crippen molar-refractivity contribution in [3.63, 3.8) is 0 Å². The number of aromatic nitrogens is 1. The van der Waals surface area contributed by atoms with Crippen molar-refractivity contribution in [1.82, 2.24) is 4.57 Å². The highest BCUT2D eigenvalue weighted by atomic mass is 32.2. The van der Waals surface area contributed by atoms with E-state index in [2.05, 4.69) is 41.3 Å². The van der Waals surface area contributed by atoms with E-state index in [0.717, 1.165) is 12.3 Å². The van der Waals surface area contributed by atoms with Gasteiger partial charge in [0.25, 0.3) is 0 Å². The van der Waals surface area contributed by atoms with Crippen LogP contribution in [0.15, 0.2) is 30.5 Å². The van der Waals surface area contributed by atoms with Gasteiger partial charge in [-0.15, -0.1) is 0 Å². The predicted molar refractivity (Wildman–Crippen MR) is 68.2 cm³/mol. The average molecular weight is 220 g/mol. The van der Waals surface area contributed by atoms with E-state index in [0.29, 0.717) is 6.54 Å². The standard InChI is InChI=1S/C12H16N2S/c1-15-7-6-14-5-4-11-8-10(9-13)2-3-12(11)14/h2-5,8H,6-7,9,13H2,1H3. The van der Waals surface area contributed by atoms with E-state index >= 15 is 0 Å². The number of fused-ring (bicyclic) bond motifs is 1. The molecule has 1 heterocycles. The fourth-order valence-electron chi connectivity index (χ4n) is 1.76. The maximum atomic E-state index is 5.62. The van der Waals surface area contributed by atoms with Gasteiger partial charge in [0.1, 0.15) is 0 Å². The summed E-state index contributed by atoms with van der Waals surface area (Å²) in [5.41, 5.74) is 8.12. The lowest BCUT2D eigenvalue weighted by Gasteiger charge is -2.04. The Labute approximate surface area is 94.5 Å². The number of rotatable bonds is 4. The Hall–Kier alpha value is -0.930. The van der Waals surface area contributed by atoms with Crippen molar-refractivity contribution in [3.05, 3.63) is 36.0 Å². The second-order valence-corrected chi connectivity index (χ2v) is 4.58. The Morgan fingerprint density at radius 3 is 2.93 bits per heavy atom. The molecule has 2 N–H and O–H groups in total. The SMILES string of the molecule is CSCCn1ccc2cc(CN)ccc21. The highest BCUT2D eigenvalue weighted by Gasteiger charge is 2.00. The summed E-state index contributed by atoms with van der Waals surface area (Å²) in [5.74, 6) is 1.16. The van der Waals surface area contributed by atoms with E-state index in [1.807, 2.05) is 11.8 Å². The van der Waals surface area contributed by atoms with E-state index in [1.165, 1.54) is 16.5 Å². The second-order valence-electron chi connectivity index (χ2n) is 3.60. The lowest BCUT2D eigenvalue weighted by atomic mass is 10.1. The molecule has 1 aromatic heterocycles. The highest BCUT2D eigenvalue weighted by molar-refractivity contribution is 7.98. The van der Waals surface area contributed by atoms with Crippen molar-refractivity contribution in [3.8, 4) is 0 Å². The first kappa shape index (κ1) is 10.6. The molecule has 0 spiro atoms. The van der Waals surface area contributed by atoms with Crippen LogP contribution < -0.4 is 5.73 Å². The van der Waals surface area contributed by atoms with Crippen LogP contribution in [0.1, 0.15) is 5.56 Å². The average Bonchev–Trinajstić information content (AvgIpc) is 2.68. The molecule has 0 aliphatic carbocycles. The van der Waals surface area contributed by atoms with Gasteiger partial charge in [-0.3, -0.25) is 0 Å². The first-order valence-corrected chi connectivity index (χ1v) is 6.51. The number of benzene rings is 1. The first-order chi connectivity index (χ1) is 7.35. The van der Waals surface area contributed by atoms with Gasteiger partial charge in [-0.2, -0.15) is 11.8 Å². The summed E-state index contributed by atoms with van der Waals surface area (Å²) >= 11 is 1.88. The molecule has 0 unspecified atom stereocenters. The highest BCUT2D eigenvalue weighted by Crippen LogP contribution is 2.17. The zero-order valence-corrected chi connectivity index (χ0v) is 9.76. The van der Waals surface area contributed by atoms with Crippen LogP contribution in [-0.4, -0.2) is 16.6 Å². The van der Waals surface area contributed by atoms with Gasteiger partial charge in [0, 0.05) is 30.6 Å². The van der Waals surface area contributed by atoms with Crippen LogP contribution in [0.25, 0.3) is 10.9 Å². The van der Waals surface area contributed by atoms with Crippen LogP contribution in [0.2, 0.25) is 0 Å². The molecule has 0 aliphatic rings. The minimum Gasteiger partial charge on any atom is -0.347 e. The Balaban J connectivity index is 2.34. The Morgan fingerprint density at radius 1 is 1.33 bits per heavy atom. The van der Waals surface area contributed by atoms with E-state index in [9.17, 15) is 0 Å². The topological polar surface area (TPSA) is 30.9 Å². The van der Waals surface area contributed by atoms with Crippen molar-refractivity contribution in [2.24, 2.45) is 5.73 Å². The van der Waals surface area contributed by atoms with Crippen LogP contribution in [-0.2, 0) is 13.1 Å². The molecule has 0 saturated heterocycles. The number of nitrogens with zero attached hydrogens (tertiary/aromatic N) is 1. The van der Waals surface area contributed by atoms with Gasteiger partial charge in [-0.25, -0.2) is 0 Å². The van der Waals surface area contributed by atoms with Crippen molar-refractivity contribution in [2.75, 3.05) is 12.0 Å². The summed E-state index contributed by atoms with van der Waals surface area (Å²) in [6, 6.07) is 8.61. The van der Waals surface area contributed by atoms with Gasteiger partial charge in [0.15, 0.2) is 0 Å². The monoisotopic (exact) mass is 220 g/mol. The molecule has 1 aromatic carbocycles. The quantitative estimate of drug-likeness (QED) is 0.858. The Kier molecular flexibility index (Phi) is 3.34. The molecule has 0 fully saturated rings. The maximum absolute atomic E-state index is 5.62. The number of aryl methyl sites for hydroxylation is 1. The summed E-state index contributed by atoms with van der Waals surface area (Å²) in [5, 5.41) is 1.29. The fraction of sp³-hybridized carbons (Fsp3) is 0.333. The summed E-state index contributed by atoms with van der Waals surface area (Å²) < 4.78 is 2.30. The van der Waals surface area contributed by atoms with Crippen molar-refractivity contribution < 1.29 is 0 Å². The van der Waals surface area contributed by atoms with Gasteiger partial charge in [0.2, 0.25) is 0 Å². The predicted octanol–water partition coefficient (Wildman–Crippen LogP) is 2.46. The molecule has 2 nitrogen and oxygen atoms in total. The molecule has 0 saturated carbocycles. The number of hydrogen-bond donors (Lipinski definition) is 1. The summed E-state index contributed by atoms with van der Waals surface area (Å²) in [6.07, 6.45) is 4.29. The molecular weight excluding hydrogens is 204 g/mol. The second kappa shape index (κ2) is 4.73. The van der Waals surface area contributed by atoms with Gasteiger partial charge in [0.05, 0.1) is 0 Å². The molecule has 2 rings (SSSR count). The first-order valence-electron chi connectivity index (χ1n) is 5.12. The smallest absolute Gasteiger partial charge is 0.0480 e. The molecule has 2 aromatic rings. The third-order valence-corrected chi connectivity index (χ3v) is 3.20. The Bertz CT molecular complexity index is 448. The maximum Gasteiger partial charge on any atom is 0.0480 e. The van der Waals surface area contributed by atoms with Crippen molar-refractivity contribution in [2.45, 2.75) is 13.1 Å². The largest absolute Gasteiger partial charge is 0.347 e. The lowest BCUT2D eigenvalue weighted by Crippen LogP contribution is -1.99. The minimum absolute atomic E-state index is 0.617. The number of nitrogens with two attached hydrogens (primary N) is 1. The molecule has 0 atom stereocenters. The normalized spacial score (nSPS) is 11.1. The molecule has 3 heteroatoms. The molecule has 80 valence electrons. The number of thioether (sulfide) groups is 1. The minimum atomic E-state index is 0.617. The summed E-state index contributed by atoms with van der Waals surface area (Å²) in [4.78, 5) is 0.